The highest BCUT2D eigenvalue weighted by Crippen LogP contribution is 2.39. The van der Waals surface area contributed by atoms with Crippen molar-refractivity contribution in [1.82, 2.24) is 4.98 Å². The highest BCUT2D eigenvalue weighted by Gasteiger charge is 2.41. The first kappa shape index (κ1) is 22.3. The molecule has 10 heteroatoms. The van der Waals surface area contributed by atoms with Gasteiger partial charge in [0.2, 0.25) is 6.29 Å². The summed E-state index contributed by atoms with van der Waals surface area (Å²) in [4.78, 5) is 28.8. The van der Waals surface area contributed by atoms with Gasteiger partial charge in [-0.3, -0.25) is 4.79 Å². The molecule has 1 aromatic heterocycles. The first-order valence-electron chi connectivity index (χ1n) is 9.55. The Balaban J connectivity index is 2.06. The lowest BCUT2D eigenvalue weighted by Crippen LogP contribution is -2.34. The normalized spacial score (nSPS) is 17.8. The molecule has 0 aliphatic carbocycles. The van der Waals surface area contributed by atoms with Gasteiger partial charge < -0.3 is 19.5 Å². The number of nitrogens with zero attached hydrogens (tertiary/aromatic N) is 1. The van der Waals surface area contributed by atoms with Crippen LogP contribution in [0.15, 0.2) is 59.1 Å². The number of benzene rings is 1. The lowest BCUT2D eigenvalue weighted by molar-refractivity contribution is -0.113. The Hall–Kier alpha value is -3.40. The summed E-state index contributed by atoms with van der Waals surface area (Å²) in [5.74, 6) is -0.440. The minimum atomic E-state index is -3.86. The molecule has 164 valence electrons. The van der Waals surface area contributed by atoms with Crippen molar-refractivity contribution in [2.24, 2.45) is 0 Å². The van der Waals surface area contributed by atoms with Gasteiger partial charge in [-0.05, 0) is 38.1 Å². The van der Waals surface area contributed by atoms with Crippen molar-refractivity contribution in [3.8, 4) is 0 Å². The van der Waals surface area contributed by atoms with E-state index in [1.165, 1.54) is 32.2 Å². The fourth-order valence-corrected chi connectivity index (χ4v) is 4.73. The van der Waals surface area contributed by atoms with Gasteiger partial charge in [0.1, 0.15) is 11.6 Å². The summed E-state index contributed by atoms with van der Waals surface area (Å²) in [5.41, 5.74) is 0.0785. The fourth-order valence-electron chi connectivity index (χ4n) is 3.09. The molecule has 31 heavy (non-hydrogen) atoms. The summed E-state index contributed by atoms with van der Waals surface area (Å²) in [5, 5.41) is 1.38. The van der Waals surface area contributed by atoms with E-state index in [1.807, 2.05) is 0 Å². The van der Waals surface area contributed by atoms with Crippen LogP contribution in [0, 0.1) is 0 Å². The number of hydrogen-bond donors (Lipinski definition) is 1. The number of amides is 1. The minimum Gasteiger partial charge on any atom is -0.454 e. The standard InChI is InChI=1S/C21H22N2O7S/c1-4-28-21(25)30-14(3)29-19-15-9-5-6-10-16(15)31(26,27)13(2)18(19)20(24)23-17-11-7-8-12-22-17/h5-14H,4H2,1-3H3,(H,22,23,24). The highest BCUT2D eigenvalue weighted by atomic mass is 32.2. The van der Waals surface area contributed by atoms with Crippen LogP contribution in [0.3, 0.4) is 0 Å². The highest BCUT2D eigenvalue weighted by molar-refractivity contribution is 7.92. The summed E-state index contributed by atoms with van der Waals surface area (Å²) >= 11 is 0. The molecule has 0 saturated heterocycles. The molecule has 9 nitrogen and oxygen atoms in total. The van der Waals surface area contributed by atoms with Gasteiger partial charge in [0.05, 0.1) is 22.3 Å². The Morgan fingerprint density at radius 1 is 1.16 bits per heavy atom. The van der Waals surface area contributed by atoms with Gasteiger partial charge >= 0.3 is 6.16 Å². The molecule has 2 atom stereocenters. The van der Waals surface area contributed by atoms with E-state index in [0.717, 1.165) is 0 Å². The molecule has 2 unspecified atom stereocenters. The van der Waals surface area contributed by atoms with Crippen LogP contribution in [0.2, 0.25) is 0 Å². The molecule has 0 bridgehead atoms. The predicted molar refractivity (Wildman–Crippen MR) is 112 cm³/mol. The first-order valence-corrected chi connectivity index (χ1v) is 11.1. The maximum Gasteiger partial charge on any atom is 0.511 e. The number of ether oxygens (including phenoxy) is 3. The SMILES string of the molecule is CCOC(=O)OC(C)OC1=C(C(=O)Nc2ccccn2)C(C)S(=O)(=O)c2ccccc21. The van der Waals surface area contributed by atoms with Crippen molar-refractivity contribution in [2.75, 3.05) is 11.9 Å². The van der Waals surface area contributed by atoms with Crippen LogP contribution < -0.4 is 5.32 Å². The second kappa shape index (κ2) is 9.17. The van der Waals surface area contributed by atoms with Crippen molar-refractivity contribution in [1.29, 1.82) is 0 Å². The average Bonchev–Trinajstić information content (AvgIpc) is 2.73. The number of nitrogens with one attached hydrogen (secondary N) is 1. The maximum absolute atomic E-state index is 13.1. The quantitative estimate of drug-likeness (QED) is 0.531. The molecule has 1 aliphatic heterocycles. The van der Waals surface area contributed by atoms with Crippen molar-refractivity contribution in [3.05, 3.63) is 59.8 Å². The number of rotatable bonds is 6. The Bertz CT molecular complexity index is 1110. The molecule has 0 saturated carbocycles. The smallest absolute Gasteiger partial charge is 0.454 e. The van der Waals surface area contributed by atoms with Gasteiger partial charge in [0.15, 0.2) is 9.84 Å². The topological polar surface area (TPSA) is 121 Å². The predicted octanol–water partition coefficient (Wildman–Crippen LogP) is 3.14. The van der Waals surface area contributed by atoms with E-state index in [-0.39, 0.29) is 34.2 Å². The molecule has 1 amide bonds. The Morgan fingerprint density at radius 3 is 2.55 bits per heavy atom. The lowest BCUT2D eigenvalue weighted by atomic mass is 10.0. The average molecular weight is 446 g/mol. The van der Waals surface area contributed by atoms with E-state index in [2.05, 4.69) is 10.3 Å². The van der Waals surface area contributed by atoms with Crippen LogP contribution >= 0.6 is 0 Å². The van der Waals surface area contributed by atoms with E-state index >= 15 is 0 Å². The van der Waals surface area contributed by atoms with Gasteiger partial charge in [-0.25, -0.2) is 18.2 Å². The summed E-state index contributed by atoms with van der Waals surface area (Å²) < 4.78 is 41.7. The molecular formula is C21H22N2O7S. The number of aromatic nitrogens is 1. The second-order valence-electron chi connectivity index (χ2n) is 6.58. The number of sulfone groups is 1. The number of hydrogen-bond acceptors (Lipinski definition) is 8. The zero-order valence-electron chi connectivity index (χ0n) is 17.2. The molecular weight excluding hydrogens is 424 g/mol. The van der Waals surface area contributed by atoms with Crippen LogP contribution in [0.25, 0.3) is 5.76 Å². The number of carbonyl (C=O) groups is 2. The molecule has 0 radical (unpaired) electrons. The Kier molecular flexibility index (Phi) is 6.59. The van der Waals surface area contributed by atoms with Gasteiger partial charge in [0, 0.05) is 18.7 Å². The Labute approximate surface area is 180 Å². The maximum atomic E-state index is 13.1. The van der Waals surface area contributed by atoms with Crippen LogP contribution in [0.1, 0.15) is 26.3 Å². The Morgan fingerprint density at radius 2 is 1.87 bits per heavy atom. The van der Waals surface area contributed by atoms with Crippen LogP contribution in [-0.4, -0.2) is 43.6 Å². The molecule has 0 fully saturated rings. The van der Waals surface area contributed by atoms with E-state index in [4.69, 9.17) is 14.2 Å². The third kappa shape index (κ3) is 4.69. The summed E-state index contributed by atoms with van der Waals surface area (Å²) in [6, 6.07) is 11.1. The van der Waals surface area contributed by atoms with Gasteiger partial charge in [-0.1, -0.05) is 18.2 Å². The third-order valence-corrected chi connectivity index (χ3v) is 6.65. The van der Waals surface area contributed by atoms with Crippen LogP contribution in [0.4, 0.5) is 10.6 Å². The number of fused-ring (bicyclic) bond motifs is 1. The van der Waals surface area contributed by atoms with Crippen LogP contribution in [0.5, 0.6) is 0 Å². The van der Waals surface area contributed by atoms with Crippen LogP contribution in [-0.2, 0) is 28.8 Å². The number of carbonyl (C=O) groups excluding carboxylic acids is 2. The van der Waals surface area contributed by atoms with Crippen molar-refractivity contribution in [3.63, 3.8) is 0 Å². The van der Waals surface area contributed by atoms with Gasteiger partial charge in [-0.15, -0.1) is 0 Å². The largest absolute Gasteiger partial charge is 0.511 e. The lowest BCUT2D eigenvalue weighted by Gasteiger charge is -2.29. The number of anilines is 1. The summed E-state index contributed by atoms with van der Waals surface area (Å²) in [6.07, 6.45) is -0.597. The third-order valence-electron chi connectivity index (χ3n) is 4.51. The molecule has 1 aliphatic rings. The number of pyridine rings is 1. The fraction of sp³-hybridized carbons (Fsp3) is 0.286. The molecule has 3 rings (SSSR count). The summed E-state index contributed by atoms with van der Waals surface area (Å²) in [6.45, 7) is 4.58. The van der Waals surface area contributed by atoms with Crippen molar-refractivity contribution >= 4 is 33.5 Å². The monoisotopic (exact) mass is 446 g/mol. The molecule has 2 aromatic rings. The van der Waals surface area contributed by atoms with Crippen molar-refractivity contribution < 1.29 is 32.2 Å². The summed E-state index contributed by atoms with van der Waals surface area (Å²) in [7, 11) is -3.86. The zero-order chi connectivity index (χ0) is 22.6. The molecule has 1 N–H and O–H groups in total. The first-order chi connectivity index (χ1) is 14.8. The van der Waals surface area contributed by atoms with E-state index in [1.54, 1.807) is 37.3 Å². The zero-order valence-corrected chi connectivity index (χ0v) is 18.0. The minimum absolute atomic E-state index is 0.00292. The van der Waals surface area contributed by atoms with Gasteiger partial charge in [-0.2, -0.15) is 0 Å². The van der Waals surface area contributed by atoms with Crippen molar-refractivity contribution in [2.45, 2.75) is 37.2 Å². The van der Waals surface area contributed by atoms with Gasteiger partial charge in [0.25, 0.3) is 5.91 Å². The molecule has 1 aromatic carbocycles. The second-order valence-corrected chi connectivity index (χ2v) is 8.82. The molecule has 0 spiro atoms. The molecule has 2 heterocycles. The van der Waals surface area contributed by atoms with E-state index in [0.29, 0.717) is 0 Å². The van der Waals surface area contributed by atoms with E-state index in [9.17, 15) is 18.0 Å². The van der Waals surface area contributed by atoms with E-state index < -0.39 is 33.4 Å².